The van der Waals surface area contributed by atoms with E-state index in [0.717, 1.165) is 18.5 Å². The number of carbonyl (C=O) groups excluding carboxylic acids is 1. The number of nitrogens with one attached hydrogen (secondary N) is 1. The quantitative estimate of drug-likeness (QED) is 0.482. The standard InChI is InChI=1S/C27H26N2O/c1-19-10-12-21(13-11-19)24(25-17-28-26-9-5-4-8-23(25)26)16-27(30)29-15-14-20-6-2-3-7-22(20)18-29/h2-13,17,24,28H,14-16,18H2,1H3/t24-/m0/s1. The average molecular weight is 395 g/mol. The molecular weight excluding hydrogens is 368 g/mol. The van der Waals surface area contributed by atoms with E-state index >= 15 is 0 Å². The Hall–Kier alpha value is -3.33. The Morgan fingerprint density at radius 2 is 1.70 bits per heavy atom. The smallest absolute Gasteiger partial charge is 0.223 e. The summed E-state index contributed by atoms with van der Waals surface area (Å²) >= 11 is 0. The summed E-state index contributed by atoms with van der Waals surface area (Å²) in [6, 6.07) is 25.4. The fraction of sp³-hybridized carbons (Fsp3) is 0.222. The van der Waals surface area contributed by atoms with Gasteiger partial charge >= 0.3 is 0 Å². The van der Waals surface area contributed by atoms with E-state index in [2.05, 4.69) is 84.8 Å². The number of aryl methyl sites for hydroxylation is 1. The van der Waals surface area contributed by atoms with Gasteiger partial charge in [0.05, 0.1) is 0 Å². The van der Waals surface area contributed by atoms with Crippen molar-refractivity contribution in [3.05, 3.63) is 107 Å². The van der Waals surface area contributed by atoms with Gasteiger partial charge < -0.3 is 9.88 Å². The molecule has 0 saturated carbocycles. The predicted molar refractivity (Wildman–Crippen MR) is 122 cm³/mol. The van der Waals surface area contributed by atoms with Crippen LogP contribution in [0, 0.1) is 6.92 Å². The number of rotatable bonds is 4. The molecule has 5 rings (SSSR count). The number of hydrogen-bond acceptors (Lipinski definition) is 1. The third-order valence-corrected chi connectivity index (χ3v) is 6.34. The zero-order chi connectivity index (χ0) is 20.5. The highest BCUT2D eigenvalue weighted by Gasteiger charge is 2.26. The van der Waals surface area contributed by atoms with E-state index in [-0.39, 0.29) is 11.8 Å². The Bertz CT molecular complexity index is 1190. The van der Waals surface area contributed by atoms with Crippen LogP contribution in [0.25, 0.3) is 10.9 Å². The Labute approximate surface area is 177 Å². The van der Waals surface area contributed by atoms with Gasteiger partial charge in [-0.2, -0.15) is 0 Å². The Morgan fingerprint density at radius 3 is 2.53 bits per heavy atom. The minimum atomic E-state index is 0.0337. The van der Waals surface area contributed by atoms with Crippen LogP contribution in [-0.4, -0.2) is 22.3 Å². The Balaban J connectivity index is 1.47. The van der Waals surface area contributed by atoms with Crippen LogP contribution in [0.3, 0.4) is 0 Å². The first kappa shape index (κ1) is 18.7. The van der Waals surface area contributed by atoms with Crippen LogP contribution < -0.4 is 0 Å². The van der Waals surface area contributed by atoms with Crippen LogP contribution in [0.5, 0.6) is 0 Å². The number of H-pyrrole nitrogens is 1. The van der Waals surface area contributed by atoms with E-state index in [1.54, 1.807) is 0 Å². The third kappa shape index (κ3) is 3.52. The zero-order valence-corrected chi connectivity index (χ0v) is 17.3. The van der Waals surface area contributed by atoms with Crippen LogP contribution in [0.2, 0.25) is 0 Å². The minimum Gasteiger partial charge on any atom is -0.361 e. The van der Waals surface area contributed by atoms with E-state index in [4.69, 9.17) is 0 Å². The van der Waals surface area contributed by atoms with Crippen molar-refractivity contribution in [1.82, 2.24) is 9.88 Å². The summed E-state index contributed by atoms with van der Waals surface area (Å²) in [6.45, 7) is 3.61. The first-order chi connectivity index (χ1) is 14.7. The molecular formula is C27H26N2O. The maximum absolute atomic E-state index is 13.4. The molecule has 0 saturated heterocycles. The lowest BCUT2D eigenvalue weighted by molar-refractivity contribution is -0.132. The summed E-state index contributed by atoms with van der Waals surface area (Å²) < 4.78 is 0. The molecule has 2 heterocycles. The first-order valence-corrected chi connectivity index (χ1v) is 10.7. The second kappa shape index (κ2) is 7.83. The molecule has 1 amide bonds. The van der Waals surface area contributed by atoms with Crippen molar-refractivity contribution in [2.24, 2.45) is 0 Å². The number of benzene rings is 3. The summed E-state index contributed by atoms with van der Waals surface area (Å²) in [5.74, 6) is 0.256. The number of carbonyl (C=O) groups is 1. The molecule has 1 N–H and O–H groups in total. The molecule has 1 aromatic heterocycles. The van der Waals surface area contributed by atoms with Gasteiger partial charge in [-0.25, -0.2) is 0 Å². The highest BCUT2D eigenvalue weighted by molar-refractivity contribution is 5.86. The van der Waals surface area contributed by atoms with Crippen molar-refractivity contribution in [2.75, 3.05) is 6.54 Å². The maximum atomic E-state index is 13.4. The number of aromatic nitrogens is 1. The number of amides is 1. The number of aromatic amines is 1. The molecule has 1 aliphatic heterocycles. The van der Waals surface area contributed by atoms with Crippen molar-refractivity contribution in [3.63, 3.8) is 0 Å². The summed E-state index contributed by atoms with van der Waals surface area (Å²) in [5, 5.41) is 1.19. The minimum absolute atomic E-state index is 0.0337. The van der Waals surface area contributed by atoms with E-state index in [1.165, 1.54) is 33.2 Å². The summed E-state index contributed by atoms with van der Waals surface area (Å²) in [7, 11) is 0. The van der Waals surface area contributed by atoms with Gasteiger partial charge in [0.2, 0.25) is 5.91 Å². The average Bonchev–Trinajstić information content (AvgIpc) is 3.21. The second-order valence-electron chi connectivity index (χ2n) is 8.29. The number of fused-ring (bicyclic) bond motifs is 2. The molecule has 0 fully saturated rings. The van der Waals surface area contributed by atoms with E-state index in [0.29, 0.717) is 13.0 Å². The largest absolute Gasteiger partial charge is 0.361 e. The van der Waals surface area contributed by atoms with E-state index in [9.17, 15) is 4.79 Å². The lowest BCUT2D eigenvalue weighted by atomic mass is 9.87. The number of hydrogen-bond donors (Lipinski definition) is 1. The highest BCUT2D eigenvalue weighted by Crippen LogP contribution is 2.34. The molecule has 30 heavy (non-hydrogen) atoms. The lowest BCUT2D eigenvalue weighted by Gasteiger charge is -2.30. The fourth-order valence-electron chi connectivity index (χ4n) is 4.60. The van der Waals surface area contributed by atoms with Gasteiger partial charge in [-0.15, -0.1) is 0 Å². The predicted octanol–water partition coefficient (Wildman–Crippen LogP) is 5.58. The van der Waals surface area contributed by atoms with E-state index < -0.39 is 0 Å². The Morgan fingerprint density at radius 1 is 0.967 bits per heavy atom. The SMILES string of the molecule is Cc1ccc([C@H](CC(=O)N2CCc3ccccc3C2)c2c[nH]c3ccccc23)cc1. The molecule has 3 heteroatoms. The van der Waals surface area contributed by atoms with Crippen molar-refractivity contribution in [2.45, 2.75) is 32.2 Å². The topological polar surface area (TPSA) is 36.1 Å². The van der Waals surface area contributed by atoms with Gasteiger partial charge in [-0.3, -0.25) is 4.79 Å². The van der Waals surface area contributed by atoms with E-state index in [1.807, 2.05) is 11.0 Å². The first-order valence-electron chi connectivity index (χ1n) is 10.7. The molecule has 0 aliphatic carbocycles. The Kier molecular flexibility index (Phi) is 4.88. The van der Waals surface area contributed by atoms with Gasteiger partial charge in [0.15, 0.2) is 0 Å². The van der Waals surface area contributed by atoms with Crippen LogP contribution in [0.15, 0.2) is 79.0 Å². The summed E-state index contributed by atoms with van der Waals surface area (Å²) in [5.41, 5.74) is 7.38. The van der Waals surface area contributed by atoms with Crippen LogP contribution in [0.4, 0.5) is 0 Å². The molecule has 0 spiro atoms. The maximum Gasteiger partial charge on any atom is 0.223 e. The lowest BCUT2D eigenvalue weighted by Crippen LogP contribution is -2.36. The highest BCUT2D eigenvalue weighted by atomic mass is 16.2. The molecule has 3 nitrogen and oxygen atoms in total. The summed E-state index contributed by atoms with van der Waals surface area (Å²) in [6.07, 6.45) is 3.49. The molecule has 4 aromatic rings. The molecule has 3 aromatic carbocycles. The van der Waals surface area contributed by atoms with Crippen LogP contribution in [-0.2, 0) is 17.8 Å². The molecule has 1 aliphatic rings. The molecule has 0 unspecified atom stereocenters. The molecule has 150 valence electrons. The zero-order valence-electron chi connectivity index (χ0n) is 17.3. The number of nitrogens with zero attached hydrogens (tertiary/aromatic N) is 1. The monoisotopic (exact) mass is 394 g/mol. The van der Waals surface area contributed by atoms with Gasteiger partial charge in [0, 0.05) is 42.5 Å². The molecule has 0 radical (unpaired) electrons. The van der Waals surface area contributed by atoms with Crippen molar-refractivity contribution >= 4 is 16.8 Å². The third-order valence-electron chi connectivity index (χ3n) is 6.34. The van der Waals surface area contributed by atoms with Crippen molar-refractivity contribution in [1.29, 1.82) is 0 Å². The van der Waals surface area contributed by atoms with Gasteiger partial charge in [-0.1, -0.05) is 72.3 Å². The van der Waals surface area contributed by atoms with Gasteiger partial charge in [0.1, 0.15) is 0 Å². The van der Waals surface area contributed by atoms with Crippen LogP contribution in [0.1, 0.15) is 40.2 Å². The van der Waals surface area contributed by atoms with Gasteiger partial charge in [0.25, 0.3) is 0 Å². The van der Waals surface area contributed by atoms with Crippen molar-refractivity contribution in [3.8, 4) is 0 Å². The second-order valence-corrected chi connectivity index (χ2v) is 8.29. The fourth-order valence-corrected chi connectivity index (χ4v) is 4.60. The molecule has 0 bridgehead atoms. The summed E-state index contributed by atoms with van der Waals surface area (Å²) in [4.78, 5) is 18.8. The van der Waals surface area contributed by atoms with Crippen LogP contribution >= 0.6 is 0 Å². The number of para-hydroxylation sites is 1. The normalized spacial score (nSPS) is 14.5. The van der Waals surface area contributed by atoms with Gasteiger partial charge in [-0.05, 0) is 41.7 Å². The van der Waals surface area contributed by atoms with Crippen molar-refractivity contribution < 1.29 is 4.79 Å². The molecule has 1 atom stereocenters.